The summed E-state index contributed by atoms with van der Waals surface area (Å²) in [5.41, 5.74) is 2.94. The van der Waals surface area contributed by atoms with Crippen LogP contribution < -0.4 is 10.6 Å². The van der Waals surface area contributed by atoms with Gasteiger partial charge < -0.3 is 15.2 Å². The highest BCUT2D eigenvalue weighted by molar-refractivity contribution is 9.11. The van der Waals surface area contributed by atoms with Gasteiger partial charge in [-0.1, -0.05) is 6.07 Å². The number of nitrogens with one attached hydrogen (secondary N) is 2. The minimum atomic E-state index is -4.27. The first-order valence-corrected chi connectivity index (χ1v) is 6.63. The van der Waals surface area contributed by atoms with Crippen molar-refractivity contribution in [2.24, 2.45) is 0 Å². The number of rotatable bonds is 3. The standard InChI is InChI=1S/C6H7Br2N2O3P/c7-4-2-1-3-5(8)6(4)9-10-14(11,12)13/h1-3,9H,(H3,10,11,12,13). The molecule has 0 atom stereocenters. The third-order valence-electron chi connectivity index (χ3n) is 1.29. The monoisotopic (exact) mass is 344 g/mol. The van der Waals surface area contributed by atoms with Crippen molar-refractivity contribution in [1.29, 1.82) is 0 Å². The molecule has 1 aromatic rings. The molecule has 8 heteroatoms. The van der Waals surface area contributed by atoms with Crippen molar-refractivity contribution in [2.75, 3.05) is 5.43 Å². The average Bonchev–Trinajstić information content (AvgIpc) is 2.01. The Labute approximate surface area is 97.3 Å². The van der Waals surface area contributed by atoms with Crippen LogP contribution in [0, 0.1) is 0 Å². The lowest BCUT2D eigenvalue weighted by molar-refractivity contribution is 0.362. The van der Waals surface area contributed by atoms with Gasteiger partial charge in [0.15, 0.2) is 0 Å². The van der Waals surface area contributed by atoms with E-state index < -0.39 is 7.75 Å². The van der Waals surface area contributed by atoms with E-state index in [1.807, 2.05) is 5.20 Å². The summed E-state index contributed by atoms with van der Waals surface area (Å²) in [6.45, 7) is 0. The highest BCUT2D eigenvalue weighted by Gasteiger charge is 2.13. The number of anilines is 1. The lowest BCUT2D eigenvalue weighted by Gasteiger charge is -2.12. The number of halogens is 2. The molecular weight excluding hydrogens is 339 g/mol. The minimum Gasteiger partial charge on any atom is -0.311 e. The van der Waals surface area contributed by atoms with Crippen molar-refractivity contribution in [3.8, 4) is 0 Å². The van der Waals surface area contributed by atoms with E-state index in [4.69, 9.17) is 9.79 Å². The van der Waals surface area contributed by atoms with Crippen LogP contribution in [0.4, 0.5) is 5.69 Å². The number of para-hydroxylation sites is 1. The fourth-order valence-electron chi connectivity index (χ4n) is 0.746. The Balaban J connectivity index is 2.82. The molecule has 0 fully saturated rings. The molecule has 0 aliphatic rings. The molecule has 78 valence electrons. The Morgan fingerprint density at radius 1 is 1.21 bits per heavy atom. The second-order valence-corrected chi connectivity index (χ2v) is 5.40. The van der Waals surface area contributed by atoms with Crippen LogP contribution in [-0.2, 0) is 4.57 Å². The van der Waals surface area contributed by atoms with Crippen LogP contribution in [0.3, 0.4) is 0 Å². The maximum atomic E-state index is 10.5. The zero-order valence-electron chi connectivity index (χ0n) is 6.74. The summed E-state index contributed by atoms with van der Waals surface area (Å²) >= 11 is 6.46. The third-order valence-corrected chi connectivity index (χ3v) is 3.01. The van der Waals surface area contributed by atoms with Gasteiger partial charge in [0, 0.05) is 8.95 Å². The molecule has 14 heavy (non-hydrogen) atoms. The second kappa shape index (κ2) is 4.74. The molecular formula is C6H7Br2N2O3P. The first-order chi connectivity index (χ1) is 6.40. The molecule has 1 aromatic carbocycles. The molecule has 4 N–H and O–H groups in total. The van der Waals surface area contributed by atoms with Crippen LogP contribution in [0.15, 0.2) is 27.1 Å². The quantitative estimate of drug-likeness (QED) is 0.499. The first kappa shape index (κ1) is 12.2. The van der Waals surface area contributed by atoms with E-state index in [2.05, 4.69) is 37.3 Å². The van der Waals surface area contributed by atoms with Gasteiger partial charge in [-0.05, 0) is 44.0 Å². The lowest BCUT2D eigenvalue weighted by Crippen LogP contribution is -2.18. The number of hydrogen-bond donors (Lipinski definition) is 4. The molecule has 0 aliphatic heterocycles. The van der Waals surface area contributed by atoms with Gasteiger partial charge in [0.1, 0.15) is 0 Å². The maximum absolute atomic E-state index is 10.5. The summed E-state index contributed by atoms with van der Waals surface area (Å²) in [4.78, 5) is 17.1. The van der Waals surface area contributed by atoms with Crippen molar-refractivity contribution in [3.63, 3.8) is 0 Å². The SMILES string of the molecule is O=P(O)(O)NNc1c(Br)cccc1Br. The Morgan fingerprint density at radius 2 is 1.71 bits per heavy atom. The summed E-state index contributed by atoms with van der Waals surface area (Å²) in [7, 11) is -4.27. The Bertz CT molecular complexity index is 361. The van der Waals surface area contributed by atoms with Gasteiger partial charge >= 0.3 is 7.75 Å². The molecule has 0 aliphatic carbocycles. The molecule has 5 nitrogen and oxygen atoms in total. The molecule has 0 saturated heterocycles. The van der Waals surface area contributed by atoms with E-state index in [0.29, 0.717) is 14.6 Å². The molecule has 0 aromatic heterocycles. The number of benzene rings is 1. The fraction of sp³-hybridized carbons (Fsp3) is 0. The molecule has 0 unspecified atom stereocenters. The Kier molecular flexibility index (Phi) is 4.12. The van der Waals surface area contributed by atoms with Gasteiger partial charge in [-0.2, -0.15) is 0 Å². The fourth-order valence-corrected chi connectivity index (χ4v) is 2.20. The Morgan fingerprint density at radius 3 is 2.14 bits per heavy atom. The summed E-state index contributed by atoms with van der Waals surface area (Å²) in [5.74, 6) is 0. The summed E-state index contributed by atoms with van der Waals surface area (Å²) in [5, 5.41) is 1.88. The van der Waals surface area contributed by atoms with E-state index in [1.165, 1.54) is 0 Å². The summed E-state index contributed by atoms with van der Waals surface area (Å²) < 4.78 is 11.9. The Hall–Kier alpha value is 0.0900. The maximum Gasteiger partial charge on any atom is 0.417 e. The van der Waals surface area contributed by atoms with Crippen molar-refractivity contribution >= 4 is 45.3 Å². The summed E-state index contributed by atoms with van der Waals surface area (Å²) in [6.07, 6.45) is 0. The predicted molar refractivity (Wildman–Crippen MR) is 60.6 cm³/mol. The van der Waals surface area contributed by atoms with Crippen molar-refractivity contribution in [3.05, 3.63) is 27.1 Å². The highest BCUT2D eigenvalue weighted by atomic mass is 79.9. The van der Waals surface area contributed by atoms with E-state index >= 15 is 0 Å². The van der Waals surface area contributed by atoms with Gasteiger partial charge in [-0.25, -0.2) is 4.57 Å². The van der Waals surface area contributed by atoms with E-state index in [1.54, 1.807) is 18.2 Å². The van der Waals surface area contributed by atoms with Gasteiger partial charge in [0.05, 0.1) is 5.69 Å². The van der Waals surface area contributed by atoms with Gasteiger partial charge in [-0.3, -0.25) is 0 Å². The normalized spacial score (nSPS) is 11.4. The van der Waals surface area contributed by atoms with Crippen LogP contribution in [-0.4, -0.2) is 9.79 Å². The second-order valence-electron chi connectivity index (χ2n) is 2.38. The van der Waals surface area contributed by atoms with Gasteiger partial charge in [0.2, 0.25) is 0 Å². The highest BCUT2D eigenvalue weighted by Crippen LogP contribution is 2.33. The lowest BCUT2D eigenvalue weighted by atomic mass is 10.3. The zero-order valence-corrected chi connectivity index (χ0v) is 10.8. The van der Waals surface area contributed by atoms with E-state index in [9.17, 15) is 4.57 Å². The van der Waals surface area contributed by atoms with Gasteiger partial charge in [0.25, 0.3) is 0 Å². The molecule has 0 saturated carbocycles. The molecule has 1 rings (SSSR count). The average molecular weight is 346 g/mol. The topological polar surface area (TPSA) is 81.6 Å². The van der Waals surface area contributed by atoms with Gasteiger partial charge in [-0.15, -0.1) is 5.20 Å². The summed E-state index contributed by atoms with van der Waals surface area (Å²) in [6, 6.07) is 5.28. The molecule has 0 heterocycles. The van der Waals surface area contributed by atoms with Crippen LogP contribution in [0.25, 0.3) is 0 Å². The molecule has 0 bridgehead atoms. The first-order valence-electron chi connectivity index (χ1n) is 3.43. The molecule has 0 spiro atoms. The third kappa shape index (κ3) is 3.68. The zero-order chi connectivity index (χ0) is 10.8. The smallest absolute Gasteiger partial charge is 0.311 e. The molecule has 0 radical (unpaired) electrons. The van der Waals surface area contributed by atoms with E-state index in [-0.39, 0.29) is 0 Å². The largest absolute Gasteiger partial charge is 0.417 e. The predicted octanol–water partition coefficient (Wildman–Crippen LogP) is 2.22. The van der Waals surface area contributed by atoms with Crippen molar-refractivity contribution < 1.29 is 14.4 Å². The van der Waals surface area contributed by atoms with Crippen LogP contribution >= 0.6 is 39.6 Å². The van der Waals surface area contributed by atoms with Crippen molar-refractivity contribution in [1.82, 2.24) is 5.20 Å². The van der Waals surface area contributed by atoms with E-state index in [0.717, 1.165) is 0 Å². The van der Waals surface area contributed by atoms with Crippen LogP contribution in [0.5, 0.6) is 0 Å². The number of hydrazine groups is 1. The number of hydrogen-bond acceptors (Lipinski definition) is 2. The van der Waals surface area contributed by atoms with Crippen LogP contribution in [0.1, 0.15) is 0 Å². The minimum absolute atomic E-state index is 0.524. The molecule has 0 amide bonds. The van der Waals surface area contributed by atoms with Crippen molar-refractivity contribution in [2.45, 2.75) is 0 Å². The van der Waals surface area contributed by atoms with Crippen LogP contribution in [0.2, 0.25) is 0 Å².